The van der Waals surface area contributed by atoms with E-state index in [-0.39, 0.29) is 59.8 Å². The number of aromatic nitrogens is 2. The number of aliphatic hydroxyl groups is 1. The minimum absolute atomic E-state index is 0. The lowest BCUT2D eigenvalue weighted by molar-refractivity contribution is -0.725. The van der Waals surface area contributed by atoms with Crippen LogP contribution in [0.15, 0.2) is 101 Å². The first kappa shape index (κ1) is 82.9. The molecular formula is C83H117N9O15S3. The van der Waals surface area contributed by atoms with E-state index >= 15 is 0 Å². The number of hydrogen-bond acceptors (Lipinski definition) is 23. The van der Waals surface area contributed by atoms with Crippen LogP contribution in [0.25, 0.3) is 21.1 Å². The van der Waals surface area contributed by atoms with Crippen molar-refractivity contribution in [2.24, 2.45) is 0 Å². The van der Waals surface area contributed by atoms with Crippen LogP contribution < -0.4 is 15.2 Å². The van der Waals surface area contributed by atoms with Gasteiger partial charge in [-0.05, 0) is 151 Å². The van der Waals surface area contributed by atoms with Crippen molar-refractivity contribution in [3.8, 4) is 32.6 Å². The Bertz CT molecular complexity index is 3930. The average molecular weight is 1580 g/mol. The summed E-state index contributed by atoms with van der Waals surface area (Å²) in [6.45, 7) is 22.6. The second-order valence-electron chi connectivity index (χ2n) is 31.1. The molecule has 0 spiro atoms. The van der Waals surface area contributed by atoms with Crippen LogP contribution in [0.3, 0.4) is 0 Å². The molecule has 9 fully saturated rings. The summed E-state index contributed by atoms with van der Waals surface area (Å²) in [5.74, 6) is 1.62. The van der Waals surface area contributed by atoms with Gasteiger partial charge in [0, 0.05) is 164 Å². The predicted octanol–water partition coefficient (Wildman–Crippen LogP) is 8.62. The van der Waals surface area contributed by atoms with Gasteiger partial charge in [0.05, 0.1) is 113 Å². The second-order valence-corrected chi connectivity index (χ2v) is 34.8. The number of morpholine rings is 4. The largest absolute Gasteiger partial charge is 0.875 e. The van der Waals surface area contributed by atoms with Crippen LogP contribution in [0.5, 0.6) is 11.5 Å². The molecule has 0 radical (unpaired) electrons. The summed E-state index contributed by atoms with van der Waals surface area (Å²) >= 11 is 3.33. The molecule has 6 aliphatic heterocycles. The summed E-state index contributed by atoms with van der Waals surface area (Å²) in [7, 11) is -3.63. The van der Waals surface area contributed by atoms with E-state index in [4.69, 9.17) is 38.0 Å². The quantitative estimate of drug-likeness (QED) is 0.0930. The first-order valence-corrected chi connectivity index (χ1v) is 43.3. The van der Waals surface area contributed by atoms with Crippen LogP contribution in [-0.4, -0.2) is 248 Å². The first-order chi connectivity index (χ1) is 53.3. The van der Waals surface area contributed by atoms with Crippen LogP contribution in [0, 0.1) is 6.92 Å². The highest BCUT2D eigenvalue weighted by Gasteiger charge is 2.39. The number of hydrogen-bond donors (Lipinski definition) is 3. The molecule has 5 aromatic rings. The molecule has 13 aliphatic rings. The van der Waals surface area contributed by atoms with Crippen molar-refractivity contribution >= 4 is 56.2 Å². The van der Waals surface area contributed by atoms with E-state index in [1.165, 1.54) is 79.7 Å². The number of quaternary nitrogens is 1. The molecule has 0 bridgehead atoms. The molecule has 8 heterocycles. The maximum atomic E-state index is 12.2. The third kappa shape index (κ3) is 24.5. The highest BCUT2D eigenvalue weighted by atomic mass is 32.2. The number of nitrogens with zero attached hydrogens (tertiary/aromatic N) is 8. The zero-order valence-electron chi connectivity index (χ0n) is 64.6. The Labute approximate surface area is 659 Å². The molecule has 3 aromatic carbocycles. The number of nitrogens with two attached hydrogens (primary N) is 1. The Morgan fingerprint density at radius 2 is 0.964 bits per heavy atom. The SMILES string of the molecule is C1CCC([NH2+]C2CCCCC2)CC1.CC(=O)N1CCc2nc(-c3ccc(O)cc3)sc2C1.CC(=O)N1CCc2nc(-c3ccc(OC4CC(N5CCOCC5)C4)cc3)sc2C1.Cc1ccc(S(=O)(=O)OC2CC(N3CCOCC3)C2)cc1.O=C1C=C(N2CCOCC2)C1.O=C1C=C([O-])C1.OC1CC(N2CCOCC2)C1.[HH]. The van der Waals surface area contributed by atoms with Crippen LogP contribution >= 0.6 is 22.7 Å². The van der Waals surface area contributed by atoms with E-state index in [9.17, 15) is 37.8 Å². The van der Waals surface area contributed by atoms with Gasteiger partial charge in [-0.15, -0.1) is 28.4 Å². The van der Waals surface area contributed by atoms with Gasteiger partial charge < -0.3 is 59.0 Å². The molecule has 0 unspecified atom stereocenters. The van der Waals surface area contributed by atoms with Crippen molar-refractivity contribution in [1.29, 1.82) is 0 Å². The standard InChI is InChI=1S/C22H27N3O3S.C15H21NO4S.C14H14N2O2S.C12H23N.C8H15NO2.C8H11NO2.C4H4O2.H2/c1-15(26)25-7-6-20-21(14-25)29-22(23-20)16-2-4-18(5-3-16)28-19-12-17(13-19)24-8-10-27-11-9-24;1-12-2-4-15(5-3-12)21(17,18)20-14-10-13(11-14)16-6-8-19-9-7-16;1-9(17)16-7-6-12-13(8-16)19-14(15-12)10-2-4-11(18)5-3-10;1-3-7-11(8-4-1)13-12-9-5-2-6-10-12;2*10-8-5-7(6-8)9-1-3-11-4-2-9;5-3-1-4(6)2-3;/h2-5,17,19H,6-14H2,1H3;2-5,13-14H,6-11H2,1H3;2-5,18H,6-8H2,1H3;11-13H,1-10H2;7-8,10H,1-6H2;5H,1-4,6H2;1,5H,2H2;1H. The topological polar surface area (TPSA) is 283 Å². The number of thiazole rings is 2. The zero-order chi connectivity index (χ0) is 76.9. The third-order valence-electron chi connectivity index (χ3n) is 23.0. The molecule has 0 atom stereocenters. The summed E-state index contributed by atoms with van der Waals surface area (Å²) in [4.78, 5) is 68.9. The fourth-order valence-electron chi connectivity index (χ4n) is 15.9. The number of carbonyl (C=O) groups excluding carboxylic acids is 4. The van der Waals surface area contributed by atoms with E-state index in [1.807, 2.05) is 28.9 Å². The van der Waals surface area contributed by atoms with E-state index < -0.39 is 10.1 Å². The molecule has 602 valence electrons. The minimum atomic E-state index is -3.63. The lowest BCUT2D eigenvalue weighted by atomic mass is 9.87. The number of fused-ring (bicyclic) bond motifs is 2. The van der Waals surface area contributed by atoms with Gasteiger partial charge in [0.1, 0.15) is 27.6 Å². The van der Waals surface area contributed by atoms with Gasteiger partial charge in [-0.2, -0.15) is 8.42 Å². The summed E-state index contributed by atoms with van der Waals surface area (Å²) in [5, 5.41) is 32.9. The smallest absolute Gasteiger partial charge is 0.297 e. The fraction of sp³-hybridized carbons (Fsp3) is 0.614. The van der Waals surface area contributed by atoms with E-state index in [0.29, 0.717) is 43.7 Å². The van der Waals surface area contributed by atoms with E-state index in [2.05, 4.69) is 54.2 Å². The number of carbonyl (C=O) groups is 4. The zero-order valence-corrected chi connectivity index (χ0v) is 67.0. The highest BCUT2D eigenvalue weighted by Crippen LogP contribution is 2.37. The minimum Gasteiger partial charge on any atom is -0.875 e. The van der Waals surface area contributed by atoms with Gasteiger partial charge in [-0.1, -0.05) is 30.5 Å². The number of phenols is 1. The number of ether oxygens (including phenoxy) is 5. The molecule has 24 nitrogen and oxygen atoms in total. The molecule has 4 N–H and O–H groups in total. The van der Waals surface area contributed by atoms with Gasteiger partial charge >= 0.3 is 0 Å². The molecule has 2 aromatic heterocycles. The van der Waals surface area contributed by atoms with Crippen molar-refractivity contribution in [2.45, 2.75) is 216 Å². The second kappa shape index (κ2) is 40.9. The number of aliphatic hydroxyl groups excluding tert-OH is 1. The summed E-state index contributed by atoms with van der Waals surface area (Å²) in [5.41, 5.74) is 6.60. The average Bonchev–Trinajstić information content (AvgIpc) is 1.78. The van der Waals surface area contributed by atoms with Crippen LogP contribution in [-0.2, 0) is 78.4 Å². The monoisotopic (exact) mass is 1580 g/mol. The van der Waals surface area contributed by atoms with Gasteiger partial charge in [0.15, 0.2) is 11.6 Å². The van der Waals surface area contributed by atoms with Gasteiger partial charge in [0.2, 0.25) is 11.8 Å². The normalized spacial score (nSPS) is 25.0. The Hall–Kier alpha value is -6.57. The number of amides is 2. The van der Waals surface area contributed by atoms with Crippen molar-refractivity contribution in [3.63, 3.8) is 0 Å². The Morgan fingerprint density at radius 1 is 0.555 bits per heavy atom. The summed E-state index contributed by atoms with van der Waals surface area (Å²) in [6, 6.07) is 25.9. The van der Waals surface area contributed by atoms with Crippen LogP contribution in [0.4, 0.5) is 0 Å². The number of rotatable bonds is 13. The summed E-state index contributed by atoms with van der Waals surface area (Å²) in [6.07, 6.45) is 26.1. The Morgan fingerprint density at radius 3 is 1.36 bits per heavy atom. The van der Waals surface area contributed by atoms with Gasteiger partial charge in [-0.25, -0.2) is 9.97 Å². The van der Waals surface area contributed by atoms with E-state index in [0.717, 1.165) is 232 Å². The molecule has 27 heteroatoms. The maximum absolute atomic E-state index is 12.2. The molecule has 110 heavy (non-hydrogen) atoms. The van der Waals surface area contributed by atoms with Crippen molar-refractivity contribution < 1.29 is 77.5 Å². The molecule has 18 rings (SSSR count). The number of ketones is 2. The fourth-order valence-corrected chi connectivity index (χ4v) is 19.2. The van der Waals surface area contributed by atoms with Gasteiger partial charge in [0.25, 0.3) is 10.1 Å². The third-order valence-corrected chi connectivity index (χ3v) is 26.6. The van der Waals surface area contributed by atoms with Crippen LogP contribution in [0.2, 0.25) is 0 Å². The molecule has 5 saturated carbocycles. The first-order valence-electron chi connectivity index (χ1n) is 40.3. The predicted molar refractivity (Wildman–Crippen MR) is 422 cm³/mol. The van der Waals surface area contributed by atoms with E-state index in [1.54, 1.807) is 79.0 Å². The number of aromatic hydroxyl groups is 1. The number of aryl methyl sites for hydroxylation is 1. The van der Waals surface area contributed by atoms with Crippen molar-refractivity contribution in [2.75, 3.05) is 118 Å². The lowest BCUT2D eigenvalue weighted by Crippen LogP contribution is -2.95. The Kier molecular flexibility index (Phi) is 30.8. The van der Waals surface area contributed by atoms with Crippen molar-refractivity contribution in [1.82, 2.24) is 39.4 Å². The number of allylic oxidation sites excluding steroid dienone is 4. The molecule has 4 saturated heterocycles. The van der Waals surface area contributed by atoms with Crippen molar-refractivity contribution in [3.05, 3.63) is 123 Å². The van der Waals surface area contributed by atoms with Crippen LogP contribution in [0.1, 0.15) is 158 Å². The van der Waals surface area contributed by atoms with Gasteiger partial charge in [-0.3, -0.25) is 38.1 Å². The highest BCUT2D eigenvalue weighted by molar-refractivity contribution is 7.86. The molecule has 7 aliphatic carbocycles. The number of benzene rings is 3. The Balaban J connectivity index is 0.000000134. The number of phenolic OH excluding ortho intramolecular Hbond substituents is 1. The molecular weight excluding hydrogens is 1460 g/mol. The maximum Gasteiger partial charge on any atom is 0.297 e. The summed E-state index contributed by atoms with van der Waals surface area (Å²) < 4.78 is 57.0. The molecule has 2 amide bonds. The lowest BCUT2D eigenvalue weighted by Gasteiger charge is -2.44.